The molecule has 3 heteroatoms. The molecular weight excluding hydrogens is 109 g/mol. The van der Waals surface area contributed by atoms with Crippen molar-refractivity contribution < 1.29 is 4.42 Å². The lowest BCUT2D eigenvalue weighted by Gasteiger charge is -1.80. The largest absolute Gasteiger partial charge is 0.463 e. The van der Waals surface area contributed by atoms with E-state index in [4.69, 9.17) is 10.2 Å². The van der Waals surface area contributed by atoms with Gasteiger partial charge in [0.1, 0.15) is 5.50 Å². The van der Waals surface area contributed by atoms with Gasteiger partial charge in [0, 0.05) is 6.07 Å². The summed E-state index contributed by atoms with van der Waals surface area (Å²) < 4.78 is 4.80. The van der Waals surface area contributed by atoms with Gasteiger partial charge in [-0.15, -0.1) is 0 Å². The van der Waals surface area contributed by atoms with Gasteiger partial charge in [-0.1, -0.05) is 9.24 Å². The fourth-order valence-electron chi connectivity index (χ4n) is 0.331. The van der Waals surface area contributed by atoms with Crippen molar-refractivity contribution >= 4 is 20.4 Å². The molecule has 7 heavy (non-hydrogen) atoms. The predicted octanol–water partition coefficient (Wildman–Crippen LogP) is 0.362. The normalized spacial score (nSPS) is 9.29. The highest BCUT2D eigenvalue weighted by molar-refractivity contribution is 7.27. The van der Waals surface area contributed by atoms with Crippen LogP contribution in [0, 0.1) is 0 Å². The monoisotopic (exact) mass is 115 g/mol. The number of nitrogen functional groups attached to an aromatic ring is 1. The molecule has 0 spiro atoms. The van der Waals surface area contributed by atoms with E-state index >= 15 is 0 Å². The molecule has 1 rings (SSSR count). The summed E-state index contributed by atoms with van der Waals surface area (Å²) in [5, 5.41) is 0. The molecule has 2 N–H and O–H groups in total. The van der Waals surface area contributed by atoms with Crippen LogP contribution in [-0.2, 0) is 0 Å². The van der Waals surface area contributed by atoms with Gasteiger partial charge in [0.05, 0.1) is 12.0 Å². The molecular formula is C4H6NOP. The summed E-state index contributed by atoms with van der Waals surface area (Å²) >= 11 is 0. The van der Waals surface area contributed by atoms with Crippen LogP contribution < -0.4 is 11.2 Å². The first-order chi connectivity index (χ1) is 3.30. The van der Waals surface area contributed by atoms with E-state index in [9.17, 15) is 0 Å². The maximum atomic E-state index is 5.33. The summed E-state index contributed by atoms with van der Waals surface area (Å²) in [6, 6.07) is 1.71. The molecule has 1 heterocycles. The minimum absolute atomic E-state index is 0.685. The maximum absolute atomic E-state index is 5.33. The summed E-state index contributed by atoms with van der Waals surface area (Å²) in [5.41, 5.74) is 6.72. The Kier molecular flexibility index (Phi) is 1.03. The lowest BCUT2D eigenvalue weighted by molar-refractivity contribution is 0.605. The standard InChI is InChI=1S/C4H6NOP/c5-3-1-2-6-4(3)7/h1-2H,5,7H2. The Hall–Kier alpha value is -0.490. The molecule has 0 amide bonds. The van der Waals surface area contributed by atoms with Crippen LogP contribution >= 0.6 is 9.24 Å². The molecule has 0 aliphatic heterocycles. The van der Waals surface area contributed by atoms with Crippen molar-refractivity contribution in [2.75, 3.05) is 5.73 Å². The number of nitrogens with two attached hydrogens (primary N) is 1. The Balaban J connectivity index is 3.12. The van der Waals surface area contributed by atoms with Crippen LogP contribution in [0.1, 0.15) is 0 Å². The zero-order valence-electron chi connectivity index (χ0n) is 3.72. The minimum atomic E-state index is 0.685. The van der Waals surface area contributed by atoms with E-state index in [1.807, 2.05) is 0 Å². The third-order valence-electron chi connectivity index (χ3n) is 0.727. The molecule has 0 saturated carbocycles. The molecule has 2 nitrogen and oxygen atoms in total. The summed E-state index contributed by atoms with van der Waals surface area (Å²) in [7, 11) is 2.38. The molecule has 0 saturated heterocycles. The Bertz CT molecular complexity index is 144. The molecule has 0 radical (unpaired) electrons. The Labute approximate surface area is 43.9 Å². The maximum Gasteiger partial charge on any atom is 0.141 e. The Morgan fingerprint density at radius 3 is 2.57 bits per heavy atom. The smallest absolute Gasteiger partial charge is 0.141 e. The number of anilines is 1. The third-order valence-corrected chi connectivity index (χ3v) is 1.20. The molecule has 1 unspecified atom stereocenters. The van der Waals surface area contributed by atoms with Crippen molar-refractivity contribution in [2.45, 2.75) is 0 Å². The van der Waals surface area contributed by atoms with E-state index in [2.05, 4.69) is 9.24 Å². The van der Waals surface area contributed by atoms with Gasteiger partial charge in [-0.3, -0.25) is 0 Å². The van der Waals surface area contributed by atoms with Crippen LogP contribution in [0.2, 0.25) is 0 Å². The van der Waals surface area contributed by atoms with E-state index in [1.54, 1.807) is 12.3 Å². The van der Waals surface area contributed by atoms with E-state index in [-0.39, 0.29) is 0 Å². The second-order valence-electron chi connectivity index (χ2n) is 1.24. The number of rotatable bonds is 0. The van der Waals surface area contributed by atoms with Gasteiger partial charge in [-0.2, -0.15) is 0 Å². The molecule has 0 bridgehead atoms. The van der Waals surface area contributed by atoms with Crippen LogP contribution in [0.4, 0.5) is 5.69 Å². The van der Waals surface area contributed by atoms with Crippen molar-refractivity contribution in [3.8, 4) is 0 Å². The topological polar surface area (TPSA) is 39.2 Å². The van der Waals surface area contributed by atoms with E-state index in [0.717, 1.165) is 0 Å². The van der Waals surface area contributed by atoms with Crippen LogP contribution in [0.15, 0.2) is 16.7 Å². The second kappa shape index (κ2) is 1.55. The predicted molar refractivity (Wildman–Crippen MR) is 32.5 cm³/mol. The van der Waals surface area contributed by atoms with Crippen molar-refractivity contribution in [1.82, 2.24) is 0 Å². The molecule has 0 aliphatic rings. The fourth-order valence-corrected chi connectivity index (χ4v) is 0.506. The van der Waals surface area contributed by atoms with E-state index in [0.29, 0.717) is 11.2 Å². The third kappa shape index (κ3) is 0.751. The summed E-state index contributed by atoms with van der Waals surface area (Å²) in [5.74, 6) is 0. The van der Waals surface area contributed by atoms with Gasteiger partial charge in [0.25, 0.3) is 0 Å². The lowest BCUT2D eigenvalue weighted by Crippen LogP contribution is -1.92. The fraction of sp³-hybridized carbons (Fsp3) is 0. The first-order valence-corrected chi connectivity index (χ1v) is 2.47. The lowest BCUT2D eigenvalue weighted by atomic mass is 10.6. The SMILES string of the molecule is Nc1ccoc1P. The molecule has 38 valence electrons. The van der Waals surface area contributed by atoms with Crippen molar-refractivity contribution in [3.63, 3.8) is 0 Å². The highest BCUT2D eigenvalue weighted by Crippen LogP contribution is 2.00. The van der Waals surface area contributed by atoms with Crippen LogP contribution in [0.5, 0.6) is 0 Å². The molecule has 1 aromatic rings. The van der Waals surface area contributed by atoms with Crippen LogP contribution in [-0.4, -0.2) is 0 Å². The number of hydrogen-bond acceptors (Lipinski definition) is 2. The molecule has 1 atom stereocenters. The number of furan rings is 1. The van der Waals surface area contributed by atoms with Crippen molar-refractivity contribution in [2.24, 2.45) is 0 Å². The quantitative estimate of drug-likeness (QED) is 0.496. The summed E-state index contributed by atoms with van der Waals surface area (Å²) in [6.45, 7) is 0. The number of hydrogen-bond donors (Lipinski definition) is 1. The Morgan fingerprint density at radius 1 is 1.71 bits per heavy atom. The minimum Gasteiger partial charge on any atom is -0.463 e. The van der Waals surface area contributed by atoms with Gasteiger partial charge in [0.15, 0.2) is 0 Å². The second-order valence-corrected chi connectivity index (χ2v) is 1.76. The van der Waals surface area contributed by atoms with Crippen molar-refractivity contribution in [3.05, 3.63) is 12.3 Å². The molecule has 0 fully saturated rings. The average molecular weight is 115 g/mol. The van der Waals surface area contributed by atoms with Crippen molar-refractivity contribution in [1.29, 1.82) is 0 Å². The molecule has 0 aromatic carbocycles. The first-order valence-electron chi connectivity index (χ1n) is 1.89. The first kappa shape index (κ1) is 4.66. The van der Waals surface area contributed by atoms with Gasteiger partial charge in [-0.25, -0.2) is 0 Å². The van der Waals surface area contributed by atoms with Crippen LogP contribution in [0.25, 0.3) is 0 Å². The Morgan fingerprint density at radius 2 is 2.43 bits per heavy atom. The zero-order chi connectivity index (χ0) is 5.28. The van der Waals surface area contributed by atoms with Gasteiger partial charge >= 0.3 is 0 Å². The van der Waals surface area contributed by atoms with Gasteiger partial charge in [0.2, 0.25) is 0 Å². The highest BCUT2D eigenvalue weighted by atomic mass is 31.0. The average Bonchev–Trinajstić information content (AvgIpc) is 1.91. The van der Waals surface area contributed by atoms with E-state index < -0.39 is 0 Å². The summed E-state index contributed by atoms with van der Waals surface area (Å²) in [6.07, 6.45) is 1.55. The van der Waals surface area contributed by atoms with Gasteiger partial charge in [-0.05, 0) is 0 Å². The summed E-state index contributed by atoms with van der Waals surface area (Å²) in [4.78, 5) is 0. The van der Waals surface area contributed by atoms with Gasteiger partial charge < -0.3 is 10.2 Å². The van der Waals surface area contributed by atoms with E-state index in [1.165, 1.54) is 0 Å². The highest BCUT2D eigenvalue weighted by Gasteiger charge is 1.89. The van der Waals surface area contributed by atoms with Crippen LogP contribution in [0.3, 0.4) is 0 Å². The molecule has 1 aromatic heterocycles. The molecule has 0 aliphatic carbocycles. The zero-order valence-corrected chi connectivity index (χ0v) is 4.87.